The summed E-state index contributed by atoms with van der Waals surface area (Å²) < 4.78 is 5.56. The number of nitro groups is 1. The number of hydrogen-bond acceptors (Lipinski definition) is 8. The maximum Gasteiger partial charge on any atom is 0.277 e. The predicted octanol–water partition coefficient (Wildman–Crippen LogP) is 4.63. The van der Waals surface area contributed by atoms with Crippen molar-refractivity contribution in [2.45, 2.75) is 18.1 Å². The van der Waals surface area contributed by atoms with Crippen molar-refractivity contribution in [2.24, 2.45) is 0 Å². The Morgan fingerprint density at radius 3 is 2.65 bits per heavy atom. The first-order valence-corrected chi connectivity index (χ1v) is 10.9. The molecule has 1 amide bonds. The number of nitro benzene ring substituents is 1. The summed E-state index contributed by atoms with van der Waals surface area (Å²) in [6, 6.07) is 11.3. The van der Waals surface area contributed by atoms with Crippen LogP contribution < -0.4 is 10.2 Å². The summed E-state index contributed by atoms with van der Waals surface area (Å²) in [5, 5.41) is 22.4. The fourth-order valence-electron chi connectivity index (χ4n) is 3.30. The van der Waals surface area contributed by atoms with Gasteiger partial charge >= 0.3 is 0 Å². The van der Waals surface area contributed by atoms with Gasteiger partial charge in [-0.25, -0.2) is 0 Å². The first-order chi connectivity index (χ1) is 15.0. The molecular weight excluding hydrogens is 442 g/mol. The fourth-order valence-corrected chi connectivity index (χ4v) is 4.16. The molecule has 11 heteroatoms. The molecule has 1 fully saturated rings. The SMILES string of the molecule is O=C(CSc1nnc(-c2ccc([N+](=O)[O-])cc2)o1)Nc1cccc(Cl)c1N1CCCC1. The van der Waals surface area contributed by atoms with Gasteiger partial charge in [-0.15, -0.1) is 10.2 Å². The van der Waals surface area contributed by atoms with Crippen molar-refractivity contribution < 1.29 is 14.1 Å². The Kier molecular flexibility index (Phi) is 6.38. The van der Waals surface area contributed by atoms with E-state index < -0.39 is 4.92 Å². The molecule has 1 aliphatic rings. The van der Waals surface area contributed by atoms with E-state index in [2.05, 4.69) is 20.4 Å². The summed E-state index contributed by atoms with van der Waals surface area (Å²) in [7, 11) is 0. The lowest BCUT2D eigenvalue weighted by Gasteiger charge is -2.22. The standard InChI is InChI=1S/C20H18ClN5O4S/c21-15-4-3-5-16(18(15)25-10-1-2-11-25)22-17(27)12-31-20-24-23-19(30-20)13-6-8-14(9-7-13)26(28)29/h3-9H,1-2,10-12H2,(H,22,27). The van der Waals surface area contributed by atoms with Gasteiger partial charge in [0, 0.05) is 30.8 Å². The molecule has 0 saturated carbocycles. The van der Waals surface area contributed by atoms with Crippen LogP contribution in [0.2, 0.25) is 5.02 Å². The summed E-state index contributed by atoms with van der Waals surface area (Å²) in [6.45, 7) is 1.82. The third-order valence-electron chi connectivity index (χ3n) is 4.74. The smallest absolute Gasteiger partial charge is 0.277 e. The summed E-state index contributed by atoms with van der Waals surface area (Å²) in [5.74, 6) is 0.0835. The van der Waals surface area contributed by atoms with Gasteiger partial charge < -0.3 is 14.6 Å². The van der Waals surface area contributed by atoms with Gasteiger partial charge in [-0.1, -0.05) is 29.4 Å². The number of nitrogens with one attached hydrogen (secondary N) is 1. The molecule has 4 rings (SSSR count). The molecule has 2 aromatic carbocycles. The fraction of sp³-hybridized carbons (Fsp3) is 0.250. The average Bonchev–Trinajstić information content (AvgIpc) is 3.45. The van der Waals surface area contributed by atoms with Crippen LogP contribution >= 0.6 is 23.4 Å². The van der Waals surface area contributed by atoms with Crippen LogP contribution in [0.15, 0.2) is 52.1 Å². The maximum absolute atomic E-state index is 12.5. The molecule has 0 atom stereocenters. The number of non-ortho nitro benzene ring substituents is 1. The lowest BCUT2D eigenvalue weighted by Crippen LogP contribution is -2.22. The van der Waals surface area contributed by atoms with Crippen molar-refractivity contribution in [2.75, 3.05) is 29.1 Å². The molecule has 1 aromatic heterocycles. The molecule has 0 unspecified atom stereocenters. The second-order valence-electron chi connectivity index (χ2n) is 6.84. The molecule has 1 N–H and O–H groups in total. The topological polar surface area (TPSA) is 114 Å². The number of thioether (sulfide) groups is 1. The quantitative estimate of drug-likeness (QED) is 0.309. The van der Waals surface area contributed by atoms with Crippen LogP contribution in [0.25, 0.3) is 11.5 Å². The normalized spacial score (nSPS) is 13.4. The van der Waals surface area contributed by atoms with E-state index in [0.29, 0.717) is 16.3 Å². The van der Waals surface area contributed by atoms with Crippen LogP contribution in [-0.2, 0) is 4.79 Å². The van der Waals surface area contributed by atoms with Crippen LogP contribution in [-0.4, -0.2) is 39.9 Å². The molecule has 0 aliphatic carbocycles. The zero-order chi connectivity index (χ0) is 21.8. The van der Waals surface area contributed by atoms with Gasteiger partial charge in [0.05, 0.1) is 27.1 Å². The molecule has 0 bridgehead atoms. The summed E-state index contributed by atoms with van der Waals surface area (Å²) in [4.78, 5) is 24.9. The highest BCUT2D eigenvalue weighted by Crippen LogP contribution is 2.36. The van der Waals surface area contributed by atoms with Crippen molar-refractivity contribution in [1.82, 2.24) is 10.2 Å². The lowest BCUT2D eigenvalue weighted by molar-refractivity contribution is -0.384. The first kappa shape index (κ1) is 21.1. The number of para-hydroxylation sites is 1. The van der Waals surface area contributed by atoms with Gasteiger partial charge in [-0.05, 0) is 37.1 Å². The Balaban J connectivity index is 1.38. The first-order valence-electron chi connectivity index (χ1n) is 9.56. The number of carbonyl (C=O) groups excluding carboxylic acids is 1. The molecule has 9 nitrogen and oxygen atoms in total. The van der Waals surface area contributed by atoms with E-state index >= 15 is 0 Å². The zero-order valence-corrected chi connectivity index (χ0v) is 17.9. The average molecular weight is 460 g/mol. The van der Waals surface area contributed by atoms with E-state index in [1.807, 2.05) is 12.1 Å². The second kappa shape index (κ2) is 9.36. The molecule has 3 aromatic rings. The predicted molar refractivity (Wildman–Crippen MR) is 119 cm³/mol. The minimum Gasteiger partial charge on any atom is -0.411 e. The highest BCUT2D eigenvalue weighted by molar-refractivity contribution is 7.99. The van der Waals surface area contributed by atoms with Crippen LogP contribution in [0.5, 0.6) is 0 Å². The molecule has 160 valence electrons. The van der Waals surface area contributed by atoms with Crippen LogP contribution in [0.3, 0.4) is 0 Å². The van der Waals surface area contributed by atoms with Gasteiger partial charge in [0.2, 0.25) is 11.8 Å². The Bertz CT molecular complexity index is 1100. The number of nitrogens with zero attached hydrogens (tertiary/aromatic N) is 4. The largest absolute Gasteiger partial charge is 0.411 e. The third kappa shape index (κ3) is 4.97. The molecule has 0 spiro atoms. The number of amides is 1. The van der Waals surface area contributed by atoms with E-state index in [1.54, 1.807) is 6.07 Å². The Labute approximate surface area is 186 Å². The van der Waals surface area contributed by atoms with E-state index in [0.717, 1.165) is 43.4 Å². The summed E-state index contributed by atoms with van der Waals surface area (Å²) in [5.41, 5.74) is 2.06. The number of carbonyl (C=O) groups is 1. The van der Waals surface area contributed by atoms with Crippen molar-refractivity contribution in [3.05, 3.63) is 57.6 Å². The zero-order valence-electron chi connectivity index (χ0n) is 16.3. The number of rotatable bonds is 7. The maximum atomic E-state index is 12.5. The van der Waals surface area contributed by atoms with Gasteiger partial charge in [0.1, 0.15) is 0 Å². The second-order valence-corrected chi connectivity index (χ2v) is 8.18. The highest BCUT2D eigenvalue weighted by atomic mass is 35.5. The Morgan fingerprint density at radius 2 is 1.94 bits per heavy atom. The number of benzene rings is 2. The van der Waals surface area contributed by atoms with Crippen molar-refractivity contribution in [3.8, 4) is 11.5 Å². The van der Waals surface area contributed by atoms with Crippen molar-refractivity contribution in [3.63, 3.8) is 0 Å². The van der Waals surface area contributed by atoms with E-state index in [-0.39, 0.29) is 28.5 Å². The van der Waals surface area contributed by atoms with E-state index in [1.165, 1.54) is 24.3 Å². The number of hydrogen-bond donors (Lipinski definition) is 1. The molecule has 1 saturated heterocycles. The van der Waals surface area contributed by atoms with Crippen LogP contribution in [0.4, 0.5) is 17.1 Å². The summed E-state index contributed by atoms with van der Waals surface area (Å²) >= 11 is 7.49. The highest BCUT2D eigenvalue weighted by Gasteiger charge is 2.20. The van der Waals surface area contributed by atoms with Crippen LogP contribution in [0.1, 0.15) is 12.8 Å². The minimum absolute atomic E-state index is 0.0242. The van der Waals surface area contributed by atoms with E-state index in [9.17, 15) is 14.9 Å². The van der Waals surface area contributed by atoms with Crippen molar-refractivity contribution >= 4 is 46.3 Å². The van der Waals surface area contributed by atoms with Crippen LogP contribution in [0, 0.1) is 10.1 Å². The van der Waals surface area contributed by atoms with E-state index in [4.69, 9.17) is 16.0 Å². The van der Waals surface area contributed by atoms with Gasteiger partial charge in [0.25, 0.3) is 10.9 Å². The van der Waals surface area contributed by atoms with Gasteiger partial charge in [-0.2, -0.15) is 0 Å². The Morgan fingerprint density at radius 1 is 1.19 bits per heavy atom. The molecule has 0 radical (unpaired) electrons. The van der Waals surface area contributed by atoms with Gasteiger partial charge in [0.15, 0.2) is 0 Å². The number of anilines is 2. The lowest BCUT2D eigenvalue weighted by atomic mass is 10.2. The molecular formula is C20H18ClN5O4S. The number of aromatic nitrogens is 2. The van der Waals surface area contributed by atoms with Crippen molar-refractivity contribution in [1.29, 1.82) is 0 Å². The third-order valence-corrected chi connectivity index (χ3v) is 5.86. The number of halogens is 1. The minimum atomic E-state index is -0.480. The molecule has 31 heavy (non-hydrogen) atoms. The van der Waals surface area contributed by atoms with Gasteiger partial charge in [-0.3, -0.25) is 14.9 Å². The summed E-state index contributed by atoms with van der Waals surface area (Å²) in [6.07, 6.45) is 2.20. The molecule has 1 aliphatic heterocycles. The molecule has 2 heterocycles. The Hall–Kier alpha value is -3.11. The monoisotopic (exact) mass is 459 g/mol.